The number of aliphatic carboxylic acids is 1. The predicted octanol–water partition coefficient (Wildman–Crippen LogP) is 0.572. The fourth-order valence-electron chi connectivity index (χ4n) is 1.80. The Kier molecular flexibility index (Phi) is 6.55. The number of furan rings is 1. The molecule has 0 aromatic carbocycles. The summed E-state index contributed by atoms with van der Waals surface area (Å²) in [5.41, 5.74) is 0. The normalized spacial score (nSPS) is 18.9. The van der Waals surface area contributed by atoms with E-state index < -0.39 is 11.2 Å². The Balaban J connectivity index is 1.75. The molecule has 1 aliphatic heterocycles. The van der Waals surface area contributed by atoms with Crippen LogP contribution in [0.5, 0.6) is 0 Å². The molecule has 128 valence electrons. The summed E-state index contributed by atoms with van der Waals surface area (Å²) in [6, 6.07) is 3.42. The average Bonchev–Trinajstić information content (AvgIpc) is 3.14. The van der Waals surface area contributed by atoms with Crippen LogP contribution in [0.2, 0.25) is 0 Å². The highest BCUT2D eigenvalue weighted by Gasteiger charge is 2.32. The van der Waals surface area contributed by atoms with Gasteiger partial charge in [-0.05, 0) is 18.6 Å². The van der Waals surface area contributed by atoms with Gasteiger partial charge in [-0.15, -0.1) is 5.10 Å². The van der Waals surface area contributed by atoms with Gasteiger partial charge in [-0.2, -0.15) is 5.10 Å². The van der Waals surface area contributed by atoms with Crippen molar-refractivity contribution in [2.45, 2.75) is 24.5 Å². The lowest BCUT2D eigenvalue weighted by Gasteiger charge is -2.06. The first-order chi connectivity index (χ1) is 11.5. The van der Waals surface area contributed by atoms with Gasteiger partial charge in [0.15, 0.2) is 5.17 Å². The van der Waals surface area contributed by atoms with Gasteiger partial charge in [0.05, 0.1) is 12.5 Å². The number of carboxylic acid groups (broad SMARTS) is 1. The van der Waals surface area contributed by atoms with Crippen LogP contribution in [0.4, 0.5) is 0 Å². The van der Waals surface area contributed by atoms with E-state index in [-0.39, 0.29) is 31.2 Å². The molecule has 1 atom stereocenters. The van der Waals surface area contributed by atoms with Crippen molar-refractivity contribution in [3.05, 3.63) is 24.2 Å². The fourth-order valence-corrected chi connectivity index (χ4v) is 2.72. The summed E-state index contributed by atoms with van der Waals surface area (Å²) in [6.45, 7) is 0.262. The molecule has 1 aliphatic rings. The summed E-state index contributed by atoms with van der Waals surface area (Å²) in [5, 5.41) is 21.0. The van der Waals surface area contributed by atoms with Crippen LogP contribution >= 0.6 is 11.8 Å². The second-order valence-corrected chi connectivity index (χ2v) is 6.00. The van der Waals surface area contributed by atoms with Crippen molar-refractivity contribution in [3.8, 4) is 0 Å². The van der Waals surface area contributed by atoms with Gasteiger partial charge in [-0.3, -0.25) is 14.4 Å². The molecule has 1 fully saturated rings. The molecule has 0 unspecified atom stereocenters. The molecule has 0 spiro atoms. The number of carbonyl (C=O) groups excluding carboxylic acids is 2. The highest BCUT2D eigenvalue weighted by atomic mass is 32.2. The molecular formula is C14H16N4O5S. The van der Waals surface area contributed by atoms with E-state index in [1.807, 2.05) is 0 Å². The highest BCUT2D eigenvalue weighted by molar-refractivity contribution is 8.15. The zero-order valence-electron chi connectivity index (χ0n) is 12.6. The maximum absolute atomic E-state index is 11.8. The van der Waals surface area contributed by atoms with Gasteiger partial charge in [-0.1, -0.05) is 11.8 Å². The zero-order valence-corrected chi connectivity index (χ0v) is 13.4. The van der Waals surface area contributed by atoms with Gasteiger partial charge in [0.2, 0.25) is 11.8 Å². The lowest BCUT2D eigenvalue weighted by molar-refractivity contribution is -0.137. The third-order valence-electron chi connectivity index (χ3n) is 2.91. The lowest BCUT2D eigenvalue weighted by atomic mass is 10.2. The number of carbonyl (C=O) groups is 3. The maximum atomic E-state index is 11.8. The first-order valence-corrected chi connectivity index (χ1v) is 8.03. The number of hydrogen-bond donors (Lipinski definition) is 3. The predicted molar refractivity (Wildman–Crippen MR) is 87.8 cm³/mol. The molecule has 2 rings (SSSR count). The summed E-state index contributed by atoms with van der Waals surface area (Å²) < 4.78 is 5.05. The first-order valence-electron chi connectivity index (χ1n) is 7.15. The number of thioether (sulfide) groups is 1. The maximum Gasteiger partial charge on any atom is 0.303 e. The van der Waals surface area contributed by atoms with Crippen molar-refractivity contribution in [1.29, 1.82) is 0 Å². The van der Waals surface area contributed by atoms with Crippen molar-refractivity contribution in [3.63, 3.8) is 0 Å². The summed E-state index contributed by atoms with van der Waals surface area (Å²) in [7, 11) is 0. The van der Waals surface area contributed by atoms with E-state index in [1.54, 1.807) is 12.1 Å². The van der Waals surface area contributed by atoms with Crippen LogP contribution in [0, 0.1) is 0 Å². The molecule has 24 heavy (non-hydrogen) atoms. The standard InChI is InChI=1S/C14H16N4O5S/c19-11(15-5-1-4-12(20)21)7-10-13(22)17-14(24-10)18-16-8-9-3-2-6-23-9/h2-3,6,8,10H,1,4-5,7H2,(H,15,19)(H,20,21)(H,17,18,22)/b16-8-/t10-/m1/s1. The Morgan fingerprint density at radius 1 is 1.50 bits per heavy atom. The fraction of sp³-hybridized carbons (Fsp3) is 0.357. The molecule has 0 aliphatic carbocycles. The minimum Gasteiger partial charge on any atom is -0.481 e. The third kappa shape index (κ3) is 5.88. The van der Waals surface area contributed by atoms with E-state index in [4.69, 9.17) is 9.52 Å². The van der Waals surface area contributed by atoms with Crippen molar-refractivity contribution in [2.75, 3.05) is 6.54 Å². The second-order valence-electron chi connectivity index (χ2n) is 4.81. The smallest absolute Gasteiger partial charge is 0.303 e. The topological polar surface area (TPSA) is 133 Å². The van der Waals surface area contributed by atoms with Gasteiger partial charge in [0.25, 0.3) is 0 Å². The summed E-state index contributed by atoms with van der Waals surface area (Å²) in [5.74, 6) is -1.00. The van der Waals surface area contributed by atoms with Gasteiger partial charge in [-0.25, -0.2) is 0 Å². The van der Waals surface area contributed by atoms with Crippen molar-refractivity contribution >= 4 is 40.9 Å². The largest absolute Gasteiger partial charge is 0.481 e. The van der Waals surface area contributed by atoms with Gasteiger partial charge in [0, 0.05) is 19.4 Å². The van der Waals surface area contributed by atoms with Crippen LogP contribution in [-0.2, 0) is 14.4 Å². The Hall–Kier alpha value is -2.62. The van der Waals surface area contributed by atoms with Gasteiger partial charge in [0.1, 0.15) is 11.0 Å². The number of carboxylic acids is 1. The number of nitrogens with one attached hydrogen (secondary N) is 2. The van der Waals surface area contributed by atoms with Crippen LogP contribution in [0.15, 0.2) is 33.0 Å². The van der Waals surface area contributed by atoms with Crippen LogP contribution in [0.1, 0.15) is 25.0 Å². The quantitative estimate of drug-likeness (QED) is 0.356. The molecule has 2 heterocycles. The molecule has 0 radical (unpaired) electrons. The minimum atomic E-state index is -0.911. The monoisotopic (exact) mass is 352 g/mol. The van der Waals surface area contributed by atoms with E-state index in [1.165, 1.54) is 12.5 Å². The Morgan fingerprint density at radius 2 is 2.33 bits per heavy atom. The number of amidine groups is 1. The first kappa shape index (κ1) is 17.7. The zero-order chi connectivity index (χ0) is 17.4. The second kappa shape index (κ2) is 8.87. The molecule has 3 N–H and O–H groups in total. The lowest BCUT2D eigenvalue weighted by Crippen LogP contribution is -2.31. The van der Waals surface area contributed by atoms with E-state index in [9.17, 15) is 14.4 Å². The van der Waals surface area contributed by atoms with E-state index in [0.29, 0.717) is 17.3 Å². The number of nitrogens with zero attached hydrogens (tertiary/aromatic N) is 2. The molecule has 0 bridgehead atoms. The molecule has 1 saturated heterocycles. The Bertz CT molecular complexity index is 656. The summed E-state index contributed by atoms with van der Waals surface area (Å²) >= 11 is 1.12. The molecule has 0 saturated carbocycles. The van der Waals surface area contributed by atoms with Gasteiger partial charge >= 0.3 is 5.97 Å². The molecule has 1 aromatic rings. The SMILES string of the molecule is O=C(O)CCCNC(=O)C[C@H]1S/C(=N\N=C/c2ccco2)NC1=O. The average molecular weight is 352 g/mol. The Labute approximate surface area is 141 Å². The highest BCUT2D eigenvalue weighted by Crippen LogP contribution is 2.22. The van der Waals surface area contributed by atoms with Crippen LogP contribution in [-0.4, -0.2) is 46.1 Å². The van der Waals surface area contributed by atoms with Crippen molar-refractivity contribution < 1.29 is 23.9 Å². The number of rotatable bonds is 8. The Morgan fingerprint density at radius 3 is 3.04 bits per heavy atom. The van der Waals surface area contributed by atoms with E-state index >= 15 is 0 Å². The van der Waals surface area contributed by atoms with Gasteiger partial charge < -0.3 is 20.2 Å². The van der Waals surface area contributed by atoms with E-state index in [0.717, 1.165) is 11.8 Å². The molecule has 2 amide bonds. The molecular weight excluding hydrogens is 336 g/mol. The van der Waals surface area contributed by atoms with Crippen LogP contribution < -0.4 is 10.6 Å². The summed E-state index contributed by atoms with van der Waals surface area (Å²) in [4.78, 5) is 33.9. The third-order valence-corrected chi connectivity index (χ3v) is 3.99. The van der Waals surface area contributed by atoms with E-state index in [2.05, 4.69) is 20.8 Å². The number of hydrogen-bond acceptors (Lipinski definition) is 7. The minimum absolute atomic E-state index is 0.00943. The molecule has 10 heteroatoms. The van der Waals surface area contributed by atoms with Crippen LogP contribution in [0.25, 0.3) is 0 Å². The summed E-state index contributed by atoms with van der Waals surface area (Å²) in [6.07, 6.45) is 3.24. The van der Waals surface area contributed by atoms with Crippen molar-refractivity contribution in [2.24, 2.45) is 10.2 Å². The molecule has 9 nitrogen and oxygen atoms in total. The van der Waals surface area contributed by atoms with Crippen molar-refractivity contribution in [1.82, 2.24) is 10.6 Å². The molecule has 1 aromatic heterocycles. The van der Waals surface area contributed by atoms with Crippen LogP contribution in [0.3, 0.4) is 0 Å². The number of amides is 2.